The minimum atomic E-state index is -3.54. The van der Waals surface area contributed by atoms with Gasteiger partial charge in [0, 0.05) is 29.1 Å². The fourth-order valence-electron chi connectivity index (χ4n) is 3.85. The van der Waals surface area contributed by atoms with Crippen molar-refractivity contribution in [3.8, 4) is 11.5 Å². The van der Waals surface area contributed by atoms with Crippen molar-refractivity contribution in [3.63, 3.8) is 0 Å². The number of sulfonamides is 1. The number of piperidine rings is 1. The van der Waals surface area contributed by atoms with Gasteiger partial charge in [0.25, 0.3) is 0 Å². The van der Waals surface area contributed by atoms with Crippen LogP contribution in [-0.4, -0.2) is 51.0 Å². The maximum Gasteiger partial charge on any atom is 0.223 e. The molecular formula is C22H24Cl2N2O5S. The normalized spacial score (nSPS) is 19.5. The van der Waals surface area contributed by atoms with Crippen LogP contribution in [0.5, 0.6) is 11.5 Å². The highest BCUT2D eigenvalue weighted by Gasteiger charge is 2.32. The summed E-state index contributed by atoms with van der Waals surface area (Å²) in [5.74, 6) is 0.837. The fourth-order valence-corrected chi connectivity index (χ4v) is 5.99. The van der Waals surface area contributed by atoms with Gasteiger partial charge < -0.3 is 14.8 Å². The highest BCUT2D eigenvalue weighted by molar-refractivity contribution is 7.88. The van der Waals surface area contributed by atoms with Crippen LogP contribution in [0.15, 0.2) is 42.5 Å². The first-order valence-corrected chi connectivity index (χ1v) is 12.8. The van der Waals surface area contributed by atoms with E-state index < -0.39 is 10.0 Å². The van der Waals surface area contributed by atoms with Crippen molar-refractivity contribution in [1.29, 1.82) is 0 Å². The van der Waals surface area contributed by atoms with Crippen molar-refractivity contribution >= 4 is 39.1 Å². The number of fused-ring (bicyclic) bond motifs is 1. The lowest BCUT2D eigenvalue weighted by Crippen LogP contribution is -2.46. The summed E-state index contributed by atoms with van der Waals surface area (Å²) >= 11 is 12.0. The first-order valence-electron chi connectivity index (χ1n) is 10.4. The summed E-state index contributed by atoms with van der Waals surface area (Å²) in [7, 11) is -3.54. The van der Waals surface area contributed by atoms with E-state index in [1.54, 1.807) is 12.1 Å². The number of benzene rings is 2. The van der Waals surface area contributed by atoms with Gasteiger partial charge >= 0.3 is 0 Å². The van der Waals surface area contributed by atoms with E-state index in [-0.39, 0.29) is 23.7 Å². The molecule has 1 saturated heterocycles. The van der Waals surface area contributed by atoms with Crippen LogP contribution in [0.4, 0.5) is 0 Å². The zero-order valence-electron chi connectivity index (χ0n) is 17.3. The van der Waals surface area contributed by atoms with Crippen molar-refractivity contribution in [2.24, 2.45) is 5.92 Å². The predicted octanol–water partition coefficient (Wildman–Crippen LogP) is 3.49. The number of nitrogens with zero attached hydrogens (tertiary/aromatic N) is 1. The molecule has 4 rings (SSSR count). The molecule has 0 unspecified atom stereocenters. The summed E-state index contributed by atoms with van der Waals surface area (Å²) in [5, 5.41) is 3.70. The van der Waals surface area contributed by atoms with Gasteiger partial charge in [0.1, 0.15) is 12.7 Å². The van der Waals surface area contributed by atoms with E-state index in [1.807, 2.05) is 24.3 Å². The number of nitrogens with one attached hydrogen (secondary N) is 1. The molecule has 172 valence electrons. The number of amides is 1. The molecule has 1 N–H and O–H groups in total. The van der Waals surface area contributed by atoms with Crippen LogP contribution in [0.1, 0.15) is 18.4 Å². The van der Waals surface area contributed by atoms with Crippen LogP contribution >= 0.6 is 23.2 Å². The zero-order chi connectivity index (χ0) is 22.7. The number of hydrogen-bond donors (Lipinski definition) is 1. The molecule has 1 fully saturated rings. The lowest BCUT2D eigenvalue weighted by Gasteiger charge is -2.31. The SMILES string of the molecule is O=C(NC[C@@H]1COc2ccccc2O1)C1CCN(S(=O)(=O)Cc2ccc(Cl)cc2Cl)CC1. The van der Waals surface area contributed by atoms with Crippen LogP contribution in [-0.2, 0) is 20.6 Å². The van der Waals surface area contributed by atoms with E-state index in [4.69, 9.17) is 32.7 Å². The van der Waals surface area contributed by atoms with E-state index in [0.29, 0.717) is 66.2 Å². The number of para-hydroxylation sites is 2. The highest BCUT2D eigenvalue weighted by Crippen LogP contribution is 2.31. The average molecular weight is 499 g/mol. The van der Waals surface area contributed by atoms with Crippen LogP contribution in [0, 0.1) is 5.92 Å². The standard InChI is InChI=1S/C22H24Cl2N2O5S/c23-17-6-5-16(19(24)11-17)14-32(28,29)26-9-7-15(8-10-26)22(27)25-12-18-13-30-20-3-1-2-4-21(20)31-18/h1-6,11,15,18H,7-10,12-14H2,(H,25,27)/t18-/m1/s1. The maximum atomic E-state index is 12.8. The molecule has 10 heteroatoms. The second-order valence-corrected chi connectivity index (χ2v) is 10.7. The van der Waals surface area contributed by atoms with E-state index in [2.05, 4.69) is 5.32 Å². The smallest absolute Gasteiger partial charge is 0.223 e. The number of rotatable bonds is 6. The lowest BCUT2D eigenvalue weighted by atomic mass is 9.97. The molecule has 0 bridgehead atoms. The Morgan fingerprint density at radius 2 is 1.81 bits per heavy atom. The number of carbonyl (C=O) groups excluding carboxylic acids is 1. The first kappa shape index (κ1) is 23.2. The van der Waals surface area contributed by atoms with Crippen molar-refractivity contribution in [2.45, 2.75) is 24.7 Å². The molecule has 2 aromatic carbocycles. The van der Waals surface area contributed by atoms with E-state index >= 15 is 0 Å². The lowest BCUT2D eigenvalue weighted by molar-refractivity contribution is -0.126. The number of ether oxygens (including phenoxy) is 2. The summed E-state index contributed by atoms with van der Waals surface area (Å²) in [6.45, 7) is 1.28. The van der Waals surface area contributed by atoms with Gasteiger partial charge in [-0.3, -0.25) is 4.79 Å². The Bertz CT molecular complexity index is 1090. The molecule has 0 radical (unpaired) electrons. The van der Waals surface area contributed by atoms with Crippen molar-refractivity contribution in [3.05, 3.63) is 58.1 Å². The Kier molecular flexibility index (Phi) is 7.14. The summed E-state index contributed by atoms with van der Waals surface area (Å²) < 4.78 is 38.6. The first-order chi connectivity index (χ1) is 15.3. The summed E-state index contributed by atoms with van der Waals surface area (Å²) in [4.78, 5) is 12.6. The topological polar surface area (TPSA) is 84.9 Å². The van der Waals surface area contributed by atoms with Gasteiger partial charge in [0.15, 0.2) is 11.5 Å². The van der Waals surface area contributed by atoms with Crippen molar-refractivity contribution in [2.75, 3.05) is 26.2 Å². The number of carbonyl (C=O) groups is 1. The Labute approximate surface area is 197 Å². The Hall–Kier alpha value is -2.00. The third-order valence-electron chi connectivity index (χ3n) is 5.64. The molecule has 0 aliphatic carbocycles. The molecule has 2 aliphatic heterocycles. The molecule has 7 nitrogen and oxygen atoms in total. The Morgan fingerprint density at radius 1 is 1.09 bits per heavy atom. The highest BCUT2D eigenvalue weighted by atomic mass is 35.5. The predicted molar refractivity (Wildman–Crippen MR) is 123 cm³/mol. The van der Waals surface area contributed by atoms with Gasteiger partial charge in [-0.15, -0.1) is 0 Å². The van der Waals surface area contributed by atoms with E-state index in [9.17, 15) is 13.2 Å². The molecule has 2 heterocycles. The molecule has 0 saturated carbocycles. The van der Waals surface area contributed by atoms with Crippen LogP contribution < -0.4 is 14.8 Å². The van der Waals surface area contributed by atoms with Gasteiger partial charge in [-0.1, -0.05) is 41.4 Å². The molecular weight excluding hydrogens is 475 g/mol. The molecule has 32 heavy (non-hydrogen) atoms. The minimum Gasteiger partial charge on any atom is -0.486 e. The largest absolute Gasteiger partial charge is 0.486 e. The molecule has 2 aliphatic rings. The summed E-state index contributed by atoms with van der Waals surface area (Å²) in [6.07, 6.45) is 0.660. The van der Waals surface area contributed by atoms with Crippen molar-refractivity contribution in [1.82, 2.24) is 9.62 Å². The second kappa shape index (κ2) is 9.87. The van der Waals surface area contributed by atoms with Gasteiger partial charge in [0.05, 0.1) is 12.3 Å². The maximum absolute atomic E-state index is 12.8. The third-order valence-corrected chi connectivity index (χ3v) is 8.06. The van der Waals surface area contributed by atoms with Crippen LogP contribution in [0.25, 0.3) is 0 Å². The molecule has 1 amide bonds. The van der Waals surface area contributed by atoms with Gasteiger partial charge in [0.2, 0.25) is 15.9 Å². The number of hydrogen-bond acceptors (Lipinski definition) is 5. The van der Waals surface area contributed by atoms with Crippen molar-refractivity contribution < 1.29 is 22.7 Å². The van der Waals surface area contributed by atoms with Crippen LogP contribution in [0.2, 0.25) is 10.0 Å². The van der Waals surface area contributed by atoms with Gasteiger partial charge in [-0.2, -0.15) is 0 Å². The quantitative estimate of drug-likeness (QED) is 0.658. The van der Waals surface area contributed by atoms with Gasteiger partial charge in [-0.05, 0) is 42.7 Å². The molecule has 0 aromatic heterocycles. The minimum absolute atomic E-state index is 0.0924. The average Bonchev–Trinajstić information content (AvgIpc) is 2.79. The molecule has 0 spiro atoms. The second-order valence-electron chi connectivity index (χ2n) is 7.91. The monoisotopic (exact) mass is 498 g/mol. The number of halogens is 2. The van der Waals surface area contributed by atoms with Crippen LogP contribution in [0.3, 0.4) is 0 Å². The Balaban J connectivity index is 1.25. The molecule has 1 atom stereocenters. The molecule has 2 aromatic rings. The summed E-state index contributed by atoms with van der Waals surface area (Å²) in [6, 6.07) is 12.2. The Morgan fingerprint density at radius 3 is 2.53 bits per heavy atom. The zero-order valence-corrected chi connectivity index (χ0v) is 19.6. The third kappa shape index (κ3) is 5.49. The fraction of sp³-hybridized carbons (Fsp3) is 0.409. The summed E-state index contributed by atoms with van der Waals surface area (Å²) in [5.41, 5.74) is 0.507. The van der Waals surface area contributed by atoms with Gasteiger partial charge in [-0.25, -0.2) is 12.7 Å². The van der Waals surface area contributed by atoms with E-state index in [1.165, 1.54) is 10.4 Å². The van der Waals surface area contributed by atoms with E-state index in [0.717, 1.165) is 0 Å².